The van der Waals surface area contributed by atoms with Crippen molar-refractivity contribution < 1.29 is 14.7 Å². The lowest BCUT2D eigenvalue weighted by Gasteiger charge is -2.15. The summed E-state index contributed by atoms with van der Waals surface area (Å²) in [6.45, 7) is 3.82. The third kappa shape index (κ3) is 5.12. The van der Waals surface area contributed by atoms with Crippen LogP contribution in [-0.4, -0.2) is 28.4 Å². The molecule has 5 nitrogen and oxygen atoms in total. The van der Waals surface area contributed by atoms with E-state index in [4.69, 9.17) is 0 Å². The Labute approximate surface area is 130 Å². The van der Waals surface area contributed by atoms with Crippen LogP contribution in [0.15, 0.2) is 0 Å². The van der Waals surface area contributed by atoms with Crippen molar-refractivity contribution in [2.24, 2.45) is 0 Å². The second-order valence-corrected chi connectivity index (χ2v) is 5.98. The summed E-state index contributed by atoms with van der Waals surface area (Å²) in [4.78, 5) is 24.8. The van der Waals surface area contributed by atoms with Crippen LogP contribution in [0.4, 0.5) is 5.00 Å². The summed E-state index contributed by atoms with van der Waals surface area (Å²) in [6.07, 6.45) is 7.20. The largest absolute Gasteiger partial charge is 0.478 e. The molecule has 0 aliphatic heterocycles. The molecule has 0 bridgehead atoms. The van der Waals surface area contributed by atoms with Crippen LogP contribution in [-0.2, 0) is 4.79 Å². The molecule has 0 saturated heterocycles. The lowest BCUT2D eigenvalue weighted by molar-refractivity contribution is -0.118. The number of carboxylic acid groups (broad SMARTS) is 1. The van der Waals surface area contributed by atoms with Crippen LogP contribution >= 0.6 is 11.5 Å². The number of nitrogens with zero attached hydrogens (tertiary/aromatic N) is 2. The number of aromatic carboxylic acids is 1. The predicted molar refractivity (Wildman–Crippen MR) is 85.2 cm³/mol. The number of amides is 1. The van der Waals surface area contributed by atoms with E-state index in [0.717, 1.165) is 30.8 Å². The number of carboxylic acids is 1. The van der Waals surface area contributed by atoms with Crippen molar-refractivity contribution in [1.82, 2.24) is 4.37 Å². The first kappa shape index (κ1) is 17.6. The van der Waals surface area contributed by atoms with Crippen molar-refractivity contribution in [3.63, 3.8) is 0 Å². The molecule has 0 aliphatic rings. The number of aryl methyl sites for hydroxylation is 1. The number of hydrogen-bond donors (Lipinski definition) is 1. The lowest BCUT2D eigenvalue weighted by atomic mass is 10.1. The standard InChI is InChI=1S/C15H24N2O3S/c1-4-5-6-7-8-9-10-12(18)17(3)14-13(15(19)20)11(2)16-21-14/h4-10H2,1-3H3,(H,19,20). The predicted octanol–water partition coefficient (Wildman–Crippen LogP) is 3.86. The zero-order chi connectivity index (χ0) is 15.8. The van der Waals surface area contributed by atoms with Gasteiger partial charge in [-0.2, -0.15) is 4.37 Å². The van der Waals surface area contributed by atoms with E-state index < -0.39 is 5.97 Å². The fourth-order valence-electron chi connectivity index (χ4n) is 2.17. The van der Waals surface area contributed by atoms with Gasteiger partial charge >= 0.3 is 5.97 Å². The van der Waals surface area contributed by atoms with Crippen LogP contribution in [0.5, 0.6) is 0 Å². The highest BCUT2D eigenvalue weighted by Crippen LogP contribution is 2.28. The Balaban J connectivity index is 2.49. The van der Waals surface area contributed by atoms with Crippen LogP contribution < -0.4 is 4.90 Å². The van der Waals surface area contributed by atoms with E-state index in [9.17, 15) is 14.7 Å². The molecule has 0 unspecified atom stereocenters. The molecule has 0 saturated carbocycles. The summed E-state index contributed by atoms with van der Waals surface area (Å²) in [5.74, 6) is -1.08. The highest BCUT2D eigenvalue weighted by molar-refractivity contribution is 7.11. The molecule has 0 atom stereocenters. The van der Waals surface area contributed by atoms with Gasteiger partial charge in [-0.25, -0.2) is 4.79 Å². The van der Waals surface area contributed by atoms with Gasteiger partial charge in [-0.15, -0.1) is 0 Å². The van der Waals surface area contributed by atoms with E-state index in [1.165, 1.54) is 24.2 Å². The van der Waals surface area contributed by atoms with Gasteiger partial charge < -0.3 is 10.0 Å². The third-order valence-corrected chi connectivity index (χ3v) is 4.50. The number of aromatic nitrogens is 1. The first-order valence-electron chi connectivity index (χ1n) is 7.45. The summed E-state index contributed by atoms with van der Waals surface area (Å²) in [5, 5.41) is 9.62. The van der Waals surface area contributed by atoms with Crippen LogP contribution in [0.3, 0.4) is 0 Å². The quantitative estimate of drug-likeness (QED) is 0.703. The van der Waals surface area contributed by atoms with E-state index in [1.807, 2.05) is 0 Å². The highest BCUT2D eigenvalue weighted by atomic mass is 32.1. The number of rotatable bonds is 9. The molecule has 0 aliphatic carbocycles. The summed E-state index contributed by atoms with van der Waals surface area (Å²) >= 11 is 1.07. The minimum Gasteiger partial charge on any atom is -0.478 e. The van der Waals surface area contributed by atoms with Crippen molar-refractivity contribution in [3.05, 3.63) is 11.3 Å². The molecule has 118 valence electrons. The SMILES string of the molecule is CCCCCCCCC(=O)N(C)c1snc(C)c1C(=O)O. The highest BCUT2D eigenvalue weighted by Gasteiger charge is 2.23. The van der Waals surface area contributed by atoms with Crippen molar-refractivity contribution >= 4 is 28.4 Å². The molecule has 1 aromatic heterocycles. The van der Waals surface area contributed by atoms with E-state index in [0.29, 0.717) is 17.1 Å². The molecule has 0 radical (unpaired) electrons. The first-order valence-corrected chi connectivity index (χ1v) is 8.22. The van der Waals surface area contributed by atoms with Crippen LogP contribution in [0.25, 0.3) is 0 Å². The molecule has 1 aromatic rings. The Morgan fingerprint density at radius 2 is 1.81 bits per heavy atom. The Bertz CT molecular complexity index is 485. The maximum Gasteiger partial charge on any atom is 0.340 e. The molecule has 1 N–H and O–H groups in total. The van der Waals surface area contributed by atoms with Crippen molar-refractivity contribution in [2.75, 3.05) is 11.9 Å². The monoisotopic (exact) mass is 312 g/mol. The minimum absolute atomic E-state index is 0.0448. The summed E-state index contributed by atoms with van der Waals surface area (Å²) < 4.78 is 4.04. The molecule has 1 amide bonds. The molecule has 1 heterocycles. The van der Waals surface area contributed by atoms with Gasteiger partial charge in [0.2, 0.25) is 5.91 Å². The van der Waals surface area contributed by atoms with Crippen LogP contribution in [0.1, 0.15) is 67.9 Å². The smallest absolute Gasteiger partial charge is 0.340 e. The molecule has 0 spiro atoms. The lowest BCUT2D eigenvalue weighted by Crippen LogP contribution is -2.26. The average Bonchev–Trinajstić information content (AvgIpc) is 2.83. The zero-order valence-electron chi connectivity index (χ0n) is 13.0. The van der Waals surface area contributed by atoms with E-state index in [2.05, 4.69) is 11.3 Å². The second kappa shape index (κ2) is 8.77. The normalized spacial score (nSPS) is 10.6. The Hall–Kier alpha value is -1.43. The van der Waals surface area contributed by atoms with Gasteiger partial charge in [0.15, 0.2) is 0 Å². The number of carbonyl (C=O) groups is 2. The number of anilines is 1. The van der Waals surface area contributed by atoms with E-state index >= 15 is 0 Å². The first-order chi connectivity index (χ1) is 9.99. The fraction of sp³-hybridized carbons (Fsp3) is 0.667. The van der Waals surface area contributed by atoms with Gasteiger partial charge in [-0.1, -0.05) is 39.0 Å². The summed E-state index contributed by atoms with van der Waals surface area (Å²) in [5.41, 5.74) is 0.598. The molecule has 1 rings (SSSR count). The molecule has 0 fully saturated rings. The molecular weight excluding hydrogens is 288 g/mol. The van der Waals surface area contributed by atoms with Crippen molar-refractivity contribution in [1.29, 1.82) is 0 Å². The summed E-state index contributed by atoms with van der Waals surface area (Å²) in [6, 6.07) is 0. The second-order valence-electron chi connectivity index (χ2n) is 5.22. The molecule has 21 heavy (non-hydrogen) atoms. The van der Waals surface area contributed by atoms with Crippen LogP contribution in [0, 0.1) is 6.92 Å². The third-order valence-electron chi connectivity index (χ3n) is 3.48. The topological polar surface area (TPSA) is 70.5 Å². The van der Waals surface area contributed by atoms with E-state index in [1.54, 1.807) is 14.0 Å². The van der Waals surface area contributed by atoms with Gasteiger partial charge in [-0.3, -0.25) is 4.79 Å². The Morgan fingerprint density at radius 3 is 2.43 bits per heavy atom. The Morgan fingerprint density at radius 1 is 1.19 bits per heavy atom. The number of unbranched alkanes of at least 4 members (excludes halogenated alkanes) is 5. The maximum atomic E-state index is 12.1. The van der Waals surface area contributed by atoms with Crippen molar-refractivity contribution in [3.8, 4) is 0 Å². The Kier molecular flexibility index (Phi) is 7.36. The van der Waals surface area contributed by atoms with Gasteiger partial charge in [0.25, 0.3) is 0 Å². The van der Waals surface area contributed by atoms with Gasteiger partial charge in [0, 0.05) is 13.5 Å². The van der Waals surface area contributed by atoms with Gasteiger partial charge in [-0.05, 0) is 24.9 Å². The average molecular weight is 312 g/mol. The van der Waals surface area contributed by atoms with Gasteiger partial charge in [0.1, 0.15) is 10.6 Å². The number of carbonyl (C=O) groups excluding carboxylic acids is 1. The summed E-state index contributed by atoms with van der Waals surface area (Å²) in [7, 11) is 1.62. The zero-order valence-corrected chi connectivity index (χ0v) is 13.8. The minimum atomic E-state index is -1.03. The molecular formula is C15H24N2O3S. The molecule has 0 aromatic carbocycles. The van der Waals surface area contributed by atoms with Crippen molar-refractivity contribution in [2.45, 2.75) is 58.8 Å². The van der Waals surface area contributed by atoms with E-state index in [-0.39, 0.29) is 11.5 Å². The van der Waals surface area contributed by atoms with Gasteiger partial charge in [0.05, 0.1) is 5.69 Å². The fourth-order valence-corrected chi connectivity index (χ4v) is 3.04. The van der Waals surface area contributed by atoms with Crippen LogP contribution in [0.2, 0.25) is 0 Å². The maximum absolute atomic E-state index is 12.1. The molecule has 6 heteroatoms. The number of hydrogen-bond acceptors (Lipinski definition) is 4.